The molecule has 2 rings (SSSR count). The number of hydrogen-bond donors (Lipinski definition) is 1. The van der Waals surface area contributed by atoms with Gasteiger partial charge in [-0.15, -0.1) is 6.58 Å². The van der Waals surface area contributed by atoms with Crippen LogP contribution in [0.25, 0.3) is 0 Å². The van der Waals surface area contributed by atoms with Gasteiger partial charge >= 0.3 is 0 Å². The lowest BCUT2D eigenvalue weighted by molar-refractivity contribution is -0.123. The fourth-order valence-corrected chi connectivity index (χ4v) is 4.43. The molecule has 0 heterocycles. The average Bonchev–Trinajstić information content (AvgIpc) is 2.84. The fraction of sp³-hybridized carbons (Fsp3) is 0.706. The van der Waals surface area contributed by atoms with Crippen LogP contribution in [0.3, 0.4) is 0 Å². The van der Waals surface area contributed by atoms with Crippen molar-refractivity contribution in [2.75, 3.05) is 0 Å². The predicted molar refractivity (Wildman–Crippen MR) is 87.6 cm³/mol. The Bertz CT molecular complexity index is 485. The summed E-state index contributed by atoms with van der Waals surface area (Å²) >= 11 is 0. The van der Waals surface area contributed by atoms with Crippen molar-refractivity contribution in [3.63, 3.8) is 0 Å². The summed E-state index contributed by atoms with van der Waals surface area (Å²) in [5.74, 6) is -0.208. The number of ketones is 1. The molecule has 0 spiro atoms. The second-order valence-electron chi connectivity index (χ2n) is 7.78. The molecule has 0 bridgehead atoms. The molecule has 0 aromatic rings. The van der Waals surface area contributed by atoms with Gasteiger partial charge in [0.05, 0.1) is 6.10 Å². The molecular formula is C17H28O3Si. The lowest BCUT2D eigenvalue weighted by atomic mass is 9.92. The van der Waals surface area contributed by atoms with Crippen molar-refractivity contribution in [2.24, 2.45) is 5.92 Å². The smallest absolute Gasteiger partial charge is 0.192 e. The monoisotopic (exact) mass is 308 g/mol. The molecule has 0 radical (unpaired) electrons. The van der Waals surface area contributed by atoms with Crippen LogP contribution in [0.2, 0.25) is 18.1 Å². The number of allylic oxidation sites excluding steroid dienone is 1. The highest BCUT2D eigenvalue weighted by Gasteiger charge is 2.49. The fourth-order valence-electron chi connectivity index (χ4n) is 3.12. The Morgan fingerprint density at radius 3 is 2.57 bits per heavy atom. The number of rotatable bonds is 4. The molecule has 2 aliphatic carbocycles. The average molecular weight is 308 g/mol. The molecule has 2 aliphatic rings. The Balaban J connectivity index is 2.26. The van der Waals surface area contributed by atoms with Crippen LogP contribution in [0.4, 0.5) is 0 Å². The molecule has 1 N–H and O–H groups in total. The first-order valence-corrected chi connectivity index (χ1v) is 10.7. The summed E-state index contributed by atoms with van der Waals surface area (Å²) < 4.78 is 6.53. The highest BCUT2D eigenvalue weighted by atomic mass is 28.4. The molecule has 0 saturated heterocycles. The highest BCUT2D eigenvalue weighted by Crippen LogP contribution is 2.47. The number of aliphatic hydroxyl groups is 1. The van der Waals surface area contributed by atoms with E-state index >= 15 is 0 Å². The molecule has 3 atom stereocenters. The zero-order valence-electron chi connectivity index (χ0n) is 13.9. The number of hydrogen-bond acceptors (Lipinski definition) is 3. The molecule has 21 heavy (non-hydrogen) atoms. The molecule has 0 amide bonds. The molecule has 0 aromatic carbocycles. The second-order valence-corrected chi connectivity index (χ2v) is 12.5. The lowest BCUT2D eigenvalue weighted by Gasteiger charge is -2.39. The van der Waals surface area contributed by atoms with Gasteiger partial charge in [0, 0.05) is 11.5 Å². The third-order valence-electron chi connectivity index (χ3n) is 5.36. The Labute approximate surface area is 129 Å². The van der Waals surface area contributed by atoms with Crippen molar-refractivity contribution in [1.82, 2.24) is 0 Å². The SMILES string of the molecule is C=CC[C@@H]1C2=C(CC[C@@H]2O[Si](C)(C)C(C)(C)C)C(=O)[C@@H]1O. The van der Waals surface area contributed by atoms with Gasteiger partial charge in [0.1, 0.15) is 6.10 Å². The quantitative estimate of drug-likeness (QED) is 0.637. The van der Waals surface area contributed by atoms with Crippen molar-refractivity contribution in [3.8, 4) is 0 Å². The zero-order chi connectivity index (χ0) is 16.0. The van der Waals surface area contributed by atoms with Crippen molar-refractivity contribution >= 4 is 14.1 Å². The summed E-state index contributed by atoms with van der Waals surface area (Å²) in [5.41, 5.74) is 1.90. The maximum absolute atomic E-state index is 12.2. The summed E-state index contributed by atoms with van der Waals surface area (Å²) in [5, 5.41) is 10.3. The Morgan fingerprint density at radius 1 is 1.43 bits per heavy atom. The summed E-state index contributed by atoms with van der Waals surface area (Å²) in [6.07, 6.45) is 3.18. The van der Waals surface area contributed by atoms with Crippen LogP contribution in [0.1, 0.15) is 40.0 Å². The maximum Gasteiger partial charge on any atom is 0.192 e. The molecule has 0 fully saturated rings. The van der Waals surface area contributed by atoms with Gasteiger partial charge in [-0.25, -0.2) is 0 Å². The van der Waals surface area contributed by atoms with Crippen molar-refractivity contribution in [1.29, 1.82) is 0 Å². The van der Waals surface area contributed by atoms with Gasteiger partial charge in [-0.2, -0.15) is 0 Å². The van der Waals surface area contributed by atoms with E-state index in [0.29, 0.717) is 6.42 Å². The summed E-state index contributed by atoms with van der Waals surface area (Å²) in [6, 6.07) is 0. The third-order valence-corrected chi connectivity index (χ3v) is 9.85. The van der Waals surface area contributed by atoms with Gasteiger partial charge in [0.15, 0.2) is 14.1 Å². The van der Waals surface area contributed by atoms with Gasteiger partial charge in [0.2, 0.25) is 0 Å². The summed E-state index contributed by atoms with van der Waals surface area (Å²) in [4.78, 5) is 12.2. The van der Waals surface area contributed by atoms with Gasteiger partial charge in [-0.1, -0.05) is 26.8 Å². The van der Waals surface area contributed by atoms with Gasteiger partial charge in [-0.3, -0.25) is 4.79 Å². The summed E-state index contributed by atoms with van der Waals surface area (Å²) in [7, 11) is -1.88. The van der Waals surface area contributed by atoms with E-state index < -0.39 is 14.4 Å². The van der Waals surface area contributed by atoms with Gasteiger partial charge in [-0.05, 0) is 43.0 Å². The predicted octanol–water partition coefficient (Wildman–Crippen LogP) is 3.60. The lowest BCUT2D eigenvalue weighted by Crippen LogP contribution is -2.44. The van der Waals surface area contributed by atoms with E-state index in [9.17, 15) is 9.90 Å². The molecule has 3 nitrogen and oxygen atoms in total. The van der Waals surface area contributed by atoms with Crippen LogP contribution in [0.5, 0.6) is 0 Å². The first-order valence-electron chi connectivity index (χ1n) is 7.84. The molecule has 0 saturated carbocycles. The Morgan fingerprint density at radius 2 is 2.05 bits per heavy atom. The van der Waals surface area contributed by atoms with Gasteiger partial charge in [0.25, 0.3) is 0 Å². The minimum atomic E-state index is -1.88. The Kier molecular flexibility index (Phi) is 4.35. The standard InChI is InChI=1S/C17H28O3Si/c1-7-8-11-14-12(16(19)15(11)18)9-10-13(14)20-21(5,6)17(2,3)4/h7,11,13,15,18H,1,8-10H2,2-6H3/t11-,13+,15-/m1/s1. The molecule has 118 valence electrons. The molecule has 0 unspecified atom stereocenters. The minimum absolute atomic E-state index is 0.00643. The normalized spacial score (nSPS) is 30.0. The van der Waals surface area contributed by atoms with E-state index in [4.69, 9.17) is 4.43 Å². The second kappa shape index (κ2) is 5.49. The van der Waals surface area contributed by atoms with E-state index in [1.807, 2.05) is 0 Å². The molecule has 4 heteroatoms. The van der Waals surface area contributed by atoms with E-state index in [0.717, 1.165) is 24.0 Å². The first-order chi connectivity index (χ1) is 9.60. The molecule has 0 aliphatic heterocycles. The Hall–Kier alpha value is -0.713. The third kappa shape index (κ3) is 2.81. The minimum Gasteiger partial charge on any atom is -0.410 e. The van der Waals surface area contributed by atoms with Crippen LogP contribution in [-0.4, -0.2) is 31.4 Å². The van der Waals surface area contributed by atoms with E-state index in [-0.39, 0.29) is 22.8 Å². The van der Waals surface area contributed by atoms with Crippen LogP contribution >= 0.6 is 0 Å². The highest BCUT2D eigenvalue weighted by molar-refractivity contribution is 6.74. The maximum atomic E-state index is 12.2. The van der Waals surface area contributed by atoms with E-state index in [2.05, 4.69) is 40.4 Å². The number of carbonyl (C=O) groups excluding carboxylic acids is 1. The van der Waals surface area contributed by atoms with Gasteiger partial charge < -0.3 is 9.53 Å². The van der Waals surface area contributed by atoms with Crippen LogP contribution in [0.15, 0.2) is 23.8 Å². The summed E-state index contributed by atoms with van der Waals surface area (Å²) in [6.45, 7) is 14.9. The van der Waals surface area contributed by atoms with Crippen molar-refractivity contribution < 1.29 is 14.3 Å². The molecular weight excluding hydrogens is 280 g/mol. The zero-order valence-corrected chi connectivity index (χ0v) is 14.9. The van der Waals surface area contributed by atoms with Crippen LogP contribution < -0.4 is 0 Å². The van der Waals surface area contributed by atoms with E-state index in [1.165, 1.54) is 0 Å². The number of Topliss-reactive ketones (excluding diaryl/α,β-unsaturated/α-hetero) is 1. The number of aliphatic hydroxyl groups excluding tert-OH is 1. The molecule has 0 aromatic heterocycles. The van der Waals surface area contributed by atoms with Crippen LogP contribution in [-0.2, 0) is 9.22 Å². The number of carbonyl (C=O) groups is 1. The largest absolute Gasteiger partial charge is 0.410 e. The first kappa shape index (κ1) is 16.7. The van der Waals surface area contributed by atoms with Crippen molar-refractivity contribution in [2.45, 2.75) is 70.4 Å². The van der Waals surface area contributed by atoms with Crippen LogP contribution in [0, 0.1) is 5.92 Å². The van der Waals surface area contributed by atoms with E-state index in [1.54, 1.807) is 6.08 Å². The van der Waals surface area contributed by atoms with Crippen molar-refractivity contribution in [3.05, 3.63) is 23.8 Å². The topological polar surface area (TPSA) is 46.5 Å².